The lowest BCUT2D eigenvalue weighted by Crippen LogP contribution is -2.51. The molecule has 94 valence electrons. The zero-order valence-electron chi connectivity index (χ0n) is 10.1. The van der Waals surface area contributed by atoms with Crippen LogP contribution in [0.2, 0.25) is 0 Å². The maximum Gasteiger partial charge on any atom is 0.246 e. The number of hydrogen-bond acceptors (Lipinski definition) is 4. The van der Waals surface area contributed by atoms with Crippen molar-refractivity contribution in [3.8, 4) is 0 Å². The minimum atomic E-state index is -0.547. The Morgan fingerprint density at radius 2 is 2.00 bits per heavy atom. The third kappa shape index (κ3) is 5.67. The van der Waals surface area contributed by atoms with Crippen molar-refractivity contribution in [2.45, 2.75) is 19.9 Å². The highest BCUT2D eigenvalue weighted by atomic mass is 16.5. The molecule has 0 rings (SSSR count). The van der Waals surface area contributed by atoms with Crippen LogP contribution in [0.4, 0.5) is 0 Å². The summed E-state index contributed by atoms with van der Waals surface area (Å²) < 4.78 is 4.68. The third-order valence-corrected chi connectivity index (χ3v) is 1.98. The van der Waals surface area contributed by atoms with E-state index in [1.165, 1.54) is 7.11 Å². The van der Waals surface area contributed by atoms with Crippen LogP contribution < -0.4 is 16.4 Å². The van der Waals surface area contributed by atoms with E-state index in [-0.39, 0.29) is 24.3 Å². The second kappa shape index (κ2) is 8.06. The van der Waals surface area contributed by atoms with Gasteiger partial charge in [-0.05, 0) is 5.92 Å². The quantitative estimate of drug-likeness (QED) is 0.515. The molecule has 0 spiro atoms. The molecule has 0 fully saturated rings. The van der Waals surface area contributed by atoms with E-state index < -0.39 is 6.04 Å². The highest BCUT2D eigenvalue weighted by Gasteiger charge is 2.23. The molecular weight excluding hydrogens is 210 g/mol. The van der Waals surface area contributed by atoms with Gasteiger partial charge in [0.25, 0.3) is 0 Å². The van der Waals surface area contributed by atoms with E-state index >= 15 is 0 Å². The van der Waals surface area contributed by atoms with Crippen LogP contribution in [0.15, 0.2) is 0 Å². The first-order valence-corrected chi connectivity index (χ1v) is 5.29. The van der Waals surface area contributed by atoms with Crippen LogP contribution in [0, 0.1) is 5.92 Å². The fraction of sp³-hybridized carbons (Fsp3) is 0.800. The van der Waals surface area contributed by atoms with Crippen LogP contribution in [-0.2, 0) is 14.3 Å². The number of rotatable bonds is 7. The largest absolute Gasteiger partial charge is 0.375 e. The lowest BCUT2D eigenvalue weighted by molar-refractivity contribution is -0.131. The summed E-state index contributed by atoms with van der Waals surface area (Å²) in [4.78, 5) is 23.0. The van der Waals surface area contributed by atoms with Crippen molar-refractivity contribution in [3.05, 3.63) is 0 Å². The molecule has 0 saturated heterocycles. The number of carbonyl (C=O) groups excluding carboxylic acids is 2. The maximum absolute atomic E-state index is 11.7. The van der Waals surface area contributed by atoms with Gasteiger partial charge in [0.1, 0.15) is 12.6 Å². The number of carbonyl (C=O) groups is 2. The van der Waals surface area contributed by atoms with Crippen LogP contribution in [0.1, 0.15) is 13.8 Å². The van der Waals surface area contributed by atoms with Crippen molar-refractivity contribution in [1.82, 2.24) is 10.6 Å². The first-order valence-electron chi connectivity index (χ1n) is 5.29. The Labute approximate surface area is 95.9 Å². The van der Waals surface area contributed by atoms with Crippen LogP contribution >= 0.6 is 0 Å². The van der Waals surface area contributed by atoms with E-state index in [2.05, 4.69) is 15.4 Å². The van der Waals surface area contributed by atoms with Gasteiger partial charge in [-0.15, -0.1) is 0 Å². The Balaban J connectivity index is 4.26. The van der Waals surface area contributed by atoms with Crippen molar-refractivity contribution >= 4 is 11.8 Å². The molecular formula is C10H21N3O3. The average molecular weight is 231 g/mol. The van der Waals surface area contributed by atoms with Gasteiger partial charge in [-0.1, -0.05) is 13.8 Å². The minimum Gasteiger partial charge on any atom is -0.375 e. The van der Waals surface area contributed by atoms with Crippen molar-refractivity contribution < 1.29 is 14.3 Å². The molecule has 0 bridgehead atoms. The topological polar surface area (TPSA) is 93.4 Å². The number of methoxy groups -OCH3 is 1. The fourth-order valence-corrected chi connectivity index (χ4v) is 1.19. The molecule has 2 amide bonds. The number of hydrogen-bond donors (Lipinski definition) is 3. The summed E-state index contributed by atoms with van der Waals surface area (Å²) in [6, 6.07) is -0.547. The van der Waals surface area contributed by atoms with E-state index in [0.29, 0.717) is 13.1 Å². The maximum atomic E-state index is 11.7. The zero-order valence-corrected chi connectivity index (χ0v) is 10.1. The second-order valence-electron chi connectivity index (χ2n) is 3.80. The van der Waals surface area contributed by atoms with Gasteiger partial charge in [-0.2, -0.15) is 0 Å². The lowest BCUT2D eigenvalue weighted by atomic mass is 10.0. The molecule has 0 aliphatic rings. The minimum absolute atomic E-state index is 0.0126. The normalized spacial score (nSPS) is 12.3. The van der Waals surface area contributed by atoms with Gasteiger partial charge >= 0.3 is 0 Å². The molecule has 0 aliphatic heterocycles. The summed E-state index contributed by atoms with van der Waals surface area (Å²) in [6.45, 7) is 4.46. The van der Waals surface area contributed by atoms with Crippen LogP contribution in [0.25, 0.3) is 0 Å². The number of ether oxygens (including phenoxy) is 1. The van der Waals surface area contributed by atoms with Crippen molar-refractivity contribution in [1.29, 1.82) is 0 Å². The van der Waals surface area contributed by atoms with E-state index in [0.717, 1.165) is 0 Å². The molecule has 0 heterocycles. The summed E-state index contributed by atoms with van der Waals surface area (Å²) in [5.74, 6) is -0.507. The van der Waals surface area contributed by atoms with E-state index in [4.69, 9.17) is 5.73 Å². The SMILES string of the molecule is COCC(=O)N[C@H](C(=O)NCCN)C(C)C. The number of nitrogens with one attached hydrogen (secondary N) is 2. The smallest absolute Gasteiger partial charge is 0.246 e. The van der Waals surface area contributed by atoms with E-state index in [9.17, 15) is 9.59 Å². The second-order valence-corrected chi connectivity index (χ2v) is 3.80. The monoisotopic (exact) mass is 231 g/mol. The number of nitrogens with two attached hydrogens (primary N) is 1. The molecule has 1 atom stereocenters. The van der Waals surface area contributed by atoms with Gasteiger partial charge in [0.2, 0.25) is 11.8 Å². The van der Waals surface area contributed by atoms with E-state index in [1.807, 2.05) is 13.8 Å². The standard InChI is InChI=1S/C10H21N3O3/c1-7(2)9(10(15)12-5-4-11)13-8(14)6-16-3/h7,9H,4-6,11H2,1-3H3,(H,12,15)(H,13,14)/t9-/m0/s1. The molecule has 0 aliphatic carbocycles. The van der Waals surface area contributed by atoms with Gasteiger partial charge in [-0.3, -0.25) is 9.59 Å². The van der Waals surface area contributed by atoms with Crippen LogP contribution in [0.3, 0.4) is 0 Å². The summed E-state index contributed by atoms with van der Waals surface area (Å²) in [7, 11) is 1.43. The Bertz CT molecular complexity index is 231. The highest BCUT2D eigenvalue weighted by molar-refractivity contribution is 5.88. The molecule has 0 aromatic rings. The summed E-state index contributed by atoms with van der Waals surface area (Å²) >= 11 is 0. The highest BCUT2D eigenvalue weighted by Crippen LogP contribution is 2.01. The molecule has 0 aromatic heterocycles. The summed E-state index contributed by atoms with van der Waals surface area (Å²) in [5, 5.41) is 5.25. The molecule has 6 nitrogen and oxygen atoms in total. The van der Waals surface area contributed by atoms with E-state index in [1.54, 1.807) is 0 Å². The predicted octanol–water partition coefficient (Wildman–Crippen LogP) is -1.15. The Morgan fingerprint density at radius 3 is 2.44 bits per heavy atom. The number of amides is 2. The molecule has 0 aromatic carbocycles. The Hall–Kier alpha value is -1.14. The van der Waals surface area contributed by atoms with Crippen LogP contribution in [0.5, 0.6) is 0 Å². The van der Waals surface area contributed by atoms with Crippen molar-refractivity contribution in [2.24, 2.45) is 11.7 Å². The third-order valence-electron chi connectivity index (χ3n) is 1.98. The average Bonchev–Trinajstić information content (AvgIpc) is 2.22. The van der Waals surface area contributed by atoms with Crippen molar-refractivity contribution in [2.75, 3.05) is 26.8 Å². The van der Waals surface area contributed by atoms with Gasteiger partial charge in [0.05, 0.1) is 0 Å². The van der Waals surface area contributed by atoms with Gasteiger partial charge in [0.15, 0.2) is 0 Å². The predicted molar refractivity (Wildman–Crippen MR) is 60.7 cm³/mol. The van der Waals surface area contributed by atoms with Crippen molar-refractivity contribution in [3.63, 3.8) is 0 Å². The Morgan fingerprint density at radius 1 is 1.38 bits per heavy atom. The summed E-state index contributed by atoms with van der Waals surface area (Å²) in [6.07, 6.45) is 0. The molecule has 4 N–H and O–H groups in total. The summed E-state index contributed by atoms with van der Waals surface area (Å²) in [5.41, 5.74) is 5.28. The molecule has 6 heteroatoms. The molecule has 16 heavy (non-hydrogen) atoms. The van der Waals surface area contributed by atoms with Gasteiger partial charge in [-0.25, -0.2) is 0 Å². The zero-order chi connectivity index (χ0) is 12.6. The molecule has 0 radical (unpaired) electrons. The van der Waals surface area contributed by atoms with Crippen LogP contribution in [-0.4, -0.2) is 44.7 Å². The Kier molecular flexibility index (Phi) is 7.49. The first-order chi connectivity index (χ1) is 7.52. The molecule has 0 saturated carbocycles. The molecule has 0 unspecified atom stereocenters. The lowest BCUT2D eigenvalue weighted by Gasteiger charge is -2.21. The fourth-order valence-electron chi connectivity index (χ4n) is 1.19. The van der Waals surface area contributed by atoms with Gasteiger partial charge < -0.3 is 21.1 Å². The first kappa shape index (κ1) is 14.9. The van der Waals surface area contributed by atoms with Gasteiger partial charge in [0, 0.05) is 20.2 Å².